The van der Waals surface area contributed by atoms with Crippen molar-refractivity contribution in [2.75, 3.05) is 36.9 Å². The molecular weight excluding hydrogens is 322 g/mol. The van der Waals surface area contributed by atoms with E-state index in [4.69, 9.17) is 9.47 Å². The molecule has 0 saturated carbocycles. The number of hydrogen-bond donors (Lipinski definition) is 2. The number of hydrogen-bond acceptors (Lipinski definition) is 5. The van der Waals surface area contributed by atoms with E-state index in [0.29, 0.717) is 44.9 Å². The van der Waals surface area contributed by atoms with Gasteiger partial charge in [0.25, 0.3) is 5.91 Å². The first kappa shape index (κ1) is 15.8. The third-order valence-electron chi connectivity index (χ3n) is 5.05. The average Bonchev–Trinajstić information content (AvgIpc) is 2.63. The Bertz CT molecular complexity index is 750. The number of piperidine rings is 1. The van der Waals surface area contributed by atoms with Crippen LogP contribution >= 0.6 is 0 Å². The molecule has 0 radical (unpaired) electrons. The Morgan fingerprint density at radius 2 is 1.80 bits per heavy atom. The maximum atomic E-state index is 12.7. The minimum absolute atomic E-state index is 0.0362. The van der Waals surface area contributed by atoms with E-state index in [1.165, 1.54) is 0 Å². The molecule has 132 valence electrons. The Morgan fingerprint density at radius 1 is 1.12 bits per heavy atom. The SMILES string of the molecule is CC1=C(C(=O)N2CCC3(CC2)Nc2ccccc2NC3=O)OCCO1. The van der Waals surface area contributed by atoms with Crippen molar-refractivity contribution >= 4 is 23.2 Å². The van der Waals surface area contributed by atoms with Crippen LogP contribution in [0.2, 0.25) is 0 Å². The molecule has 7 heteroatoms. The van der Waals surface area contributed by atoms with Crippen LogP contribution in [0.1, 0.15) is 19.8 Å². The summed E-state index contributed by atoms with van der Waals surface area (Å²) in [6, 6.07) is 7.66. The number of likely N-dealkylation sites (tertiary alicyclic amines) is 1. The summed E-state index contributed by atoms with van der Waals surface area (Å²) in [6.45, 7) is 3.57. The minimum Gasteiger partial charge on any atom is -0.491 e. The molecule has 0 atom stereocenters. The fraction of sp³-hybridized carbons (Fsp3) is 0.444. The Balaban J connectivity index is 1.48. The number of nitrogens with one attached hydrogen (secondary N) is 2. The fourth-order valence-electron chi connectivity index (χ4n) is 3.56. The number of para-hydroxylation sites is 2. The molecule has 1 saturated heterocycles. The summed E-state index contributed by atoms with van der Waals surface area (Å²) in [5.74, 6) is 0.613. The molecule has 3 aliphatic heterocycles. The summed E-state index contributed by atoms with van der Waals surface area (Å²) >= 11 is 0. The Labute approximate surface area is 146 Å². The predicted molar refractivity (Wildman–Crippen MR) is 91.8 cm³/mol. The largest absolute Gasteiger partial charge is 0.491 e. The second kappa shape index (κ2) is 5.98. The van der Waals surface area contributed by atoms with Crippen LogP contribution in [0.4, 0.5) is 11.4 Å². The summed E-state index contributed by atoms with van der Waals surface area (Å²) in [7, 11) is 0. The van der Waals surface area contributed by atoms with E-state index in [9.17, 15) is 9.59 Å². The van der Waals surface area contributed by atoms with Gasteiger partial charge in [0.2, 0.25) is 11.7 Å². The van der Waals surface area contributed by atoms with Gasteiger partial charge in [-0.05, 0) is 31.9 Å². The van der Waals surface area contributed by atoms with Crippen LogP contribution in [0.15, 0.2) is 35.8 Å². The number of nitrogens with zero attached hydrogens (tertiary/aromatic N) is 1. The van der Waals surface area contributed by atoms with E-state index in [1.807, 2.05) is 24.3 Å². The smallest absolute Gasteiger partial charge is 0.292 e. The van der Waals surface area contributed by atoms with Gasteiger partial charge in [0.05, 0.1) is 11.4 Å². The summed E-state index contributed by atoms with van der Waals surface area (Å²) in [4.78, 5) is 27.0. The second-order valence-electron chi connectivity index (χ2n) is 6.58. The standard InChI is InChI=1S/C18H21N3O4/c1-12-15(25-11-10-24-12)16(22)21-8-6-18(7-9-21)17(23)19-13-4-2-3-5-14(13)20-18/h2-5,20H,6-11H2,1H3,(H,19,23). The molecule has 1 aromatic rings. The van der Waals surface area contributed by atoms with Gasteiger partial charge in [0, 0.05) is 13.1 Å². The van der Waals surface area contributed by atoms with Crippen LogP contribution in [0.25, 0.3) is 0 Å². The molecule has 0 aromatic heterocycles. The van der Waals surface area contributed by atoms with Crippen LogP contribution in [-0.2, 0) is 19.1 Å². The topological polar surface area (TPSA) is 79.9 Å². The number of amides is 2. The second-order valence-corrected chi connectivity index (χ2v) is 6.58. The Hall–Kier alpha value is -2.70. The van der Waals surface area contributed by atoms with Crippen molar-refractivity contribution in [3.8, 4) is 0 Å². The number of carbonyl (C=O) groups is 2. The fourth-order valence-corrected chi connectivity index (χ4v) is 3.56. The van der Waals surface area contributed by atoms with Crippen molar-refractivity contribution in [1.82, 2.24) is 4.90 Å². The van der Waals surface area contributed by atoms with Gasteiger partial charge in [-0.15, -0.1) is 0 Å². The number of anilines is 2. The molecule has 25 heavy (non-hydrogen) atoms. The van der Waals surface area contributed by atoms with Crippen LogP contribution < -0.4 is 10.6 Å². The number of ether oxygens (including phenoxy) is 2. The maximum absolute atomic E-state index is 12.7. The van der Waals surface area contributed by atoms with Gasteiger partial charge in [-0.3, -0.25) is 9.59 Å². The Morgan fingerprint density at radius 3 is 2.52 bits per heavy atom. The average molecular weight is 343 g/mol. The number of benzene rings is 1. The number of allylic oxidation sites excluding steroid dienone is 1. The summed E-state index contributed by atoms with van der Waals surface area (Å²) < 4.78 is 10.9. The van der Waals surface area contributed by atoms with Crippen molar-refractivity contribution in [2.45, 2.75) is 25.3 Å². The monoisotopic (exact) mass is 343 g/mol. The van der Waals surface area contributed by atoms with Crippen LogP contribution in [0.5, 0.6) is 0 Å². The molecule has 0 aliphatic carbocycles. The third kappa shape index (κ3) is 2.69. The molecular formula is C18H21N3O4. The van der Waals surface area contributed by atoms with Gasteiger partial charge in [-0.1, -0.05) is 12.1 Å². The van der Waals surface area contributed by atoms with E-state index in [1.54, 1.807) is 11.8 Å². The number of rotatable bonds is 1. The van der Waals surface area contributed by atoms with Gasteiger partial charge in [0.15, 0.2) is 0 Å². The number of fused-ring (bicyclic) bond motifs is 1. The maximum Gasteiger partial charge on any atom is 0.292 e. The zero-order valence-corrected chi connectivity index (χ0v) is 14.1. The van der Waals surface area contributed by atoms with E-state index in [-0.39, 0.29) is 17.6 Å². The molecule has 1 spiro atoms. The van der Waals surface area contributed by atoms with Gasteiger partial charge < -0.3 is 25.0 Å². The first-order valence-corrected chi connectivity index (χ1v) is 8.53. The van der Waals surface area contributed by atoms with Gasteiger partial charge >= 0.3 is 0 Å². The molecule has 2 N–H and O–H groups in total. The zero-order chi connectivity index (χ0) is 17.4. The highest BCUT2D eigenvalue weighted by molar-refractivity contribution is 6.06. The predicted octanol–water partition coefficient (Wildman–Crippen LogP) is 1.69. The van der Waals surface area contributed by atoms with Crippen LogP contribution in [-0.4, -0.2) is 48.6 Å². The molecule has 0 unspecified atom stereocenters. The highest BCUT2D eigenvalue weighted by atomic mass is 16.6. The van der Waals surface area contributed by atoms with Crippen LogP contribution in [0.3, 0.4) is 0 Å². The molecule has 3 heterocycles. The zero-order valence-electron chi connectivity index (χ0n) is 14.1. The van der Waals surface area contributed by atoms with E-state index >= 15 is 0 Å². The highest BCUT2D eigenvalue weighted by Gasteiger charge is 2.45. The summed E-state index contributed by atoms with van der Waals surface area (Å²) in [5, 5.41) is 6.37. The first-order valence-electron chi connectivity index (χ1n) is 8.53. The highest BCUT2D eigenvalue weighted by Crippen LogP contribution is 2.36. The normalized spacial score (nSPS) is 21.6. The van der Waals surface area contributed by atoms with Gasteiger partial charge in [-0.25, -0.2) is 0 Å². The van der Waals surface area contributed by atoms with E-state index in [2.05, 4.69) is 10.6 Å². The summed E-state index contributed by atoms with van der Waals surface area (Å²) in [6.07, 6.45) is 1.10. The lowest BCUT2D eigenvalue weighted by Gasteiger charge is -2.44. The van der Waals surface area contributed by atoms with Crippen molar-refractivity contribution in [3.63, 3.8) is 0 Å². The lowest BCUT2D eigenvalue weighted by atomic mass is 9.84. The van der Waals surface area contributed by atoms with Gasteiger partial charge in [-0.2, -0.15) is 0 Å². The van der Waals surface area contributed by atoms with E-state index in [0.717, 1.165) is 11.4 Å². The quantitative estimate of drug-likeness (QED) is 0.811. The number of carbonyl (C=O) groups excluding carboxylic acids is 2. The molecule has 0 bridgehead atoms. The molecule has 3 aliphatic rings. The molecule has 1 aromatic carbocycles. The molecule has 7 nitrogen and oxygen atoms in total. The van der Waals surface area contributed by atoms with Crippen molar-refractivity contribution in [2.24, 2.45) is 0 Å². The van der Waals surface area contributed by atoms with Gasteiger partial charge in [0.1, 0.15) is 24.5 Å². The van der Waals surface area contributed by atoms with Crippen molar-refractivity contribution in [3.05, 3.63) is 35.8 Å². The summed E-state index contributed by atoms with van der Waals surface area (Å²) in [5.41, 5.74) is 1.05. The lowest BCUT2D eigenvalue weighted by molar-refractivity contribution is -0.136. The minimum atomic E-state index is -0.668. The third-order valence-corrected chi connectivity index (χ3v) is 5.05. The first-order chi connectivity index (χ1) is 12.1. The molecule has 1 fully saturated rings. The van der Waals surface area contributed by atoms with E-state index < -0.39 is 5.54 Å². The molecule has 4 rings (SSSR count). The Kier molecular flexibility index (Phi) is 3.78. The molecule has 2 amide bonds. The van der Waals surface area contributed by atoms with Crippen molar-refractivity contribution < 1.29 is 19.1 Å². The van der Waals surface area contributed by atoms with Crippen LogP contribution in [0, 0.1) is 0 Å². The lowest BCUT2D eigenvalue weighted by Crippen LogP contribution is -2.59. The van der Waals surface area contributed by atoms with Crippen molar-refractivity contribution in [1.29, 1.82) is 0 Å².